The third-order valence-corrected chi connectivity index (χ3v) is 6.46. The standard InChI is InChI=1S/C24H17ClFN3O2S2/c25-17-3-1-2-16(12-17)23(31)27-19-8-10-20(11-9-19)32-14-22(30)29-24-28-21(13-33-24)15-4-6-18(26)7-5-15/h1-13H,14H2,(H,27,31)(H,28,29,30). The number of amides is 2. The van der Waals surface area contributed by atoms with Crippen molar-refractivity contribution in [3.05, 3.63) is 94.6 Å². The molecule has 3 aromatic carbocycles. The number of hydrogen-bond acceptors (Lipinski definition) is 5. The highest BCUT2D eigenvalue weighted by Crippen LogP contribution is 2.26. The number of hydrogen-bond donors (Lipinski definition) is 2. The van der Waals surface area contributed by atoms with E-state index in [0.717, 1.165) is 10.5 Å². The smallest absolute Gasteiger partial charge is 0.255 e. The molecule has 0 bridgehead atoms. The van der Waals surface area contributed by atoms with Crippen molar-refractivity contribution in [3.63, 3.8) is 0 Å². The quantitative estimate of drug-likeness (QED) is 0.283. The monoisotopic (exact) mass is 497 g/mol. The van der Waals surface area contributed by atoms with Crippen molar-refractivity contribution >= 4 is 57.3 Å². The number of halogens is 2. The van der Waals surface area contributed by atoms with Gasteiger partial charge in [0.25, 0.3) is 5.91 Å². The molecular formula is C24H17ClFN3O2S2. The summed E-state index contributed by atoms with van der Waals surface area (Å²) in [5.41, 5.74) is 2.58. The van der Waals surface area contributed by atoms with Crippen molar-refractivity contribution in [2.45, 2.75) is 4.90 Å². The van der Waals surface area contributed by atoms with Crippen molar-refractivity contribution in [2.75, 3.05) is 16.4 Å². The number of thioether (sulfide) groups is 1. The highest BCUT2D eigenvalue weighted by molar-refractivity contribution is 8.00. The molecule has 1 heterocycles. The molecule has 0 radical (unpaired) electrons. The predicted octanol–water partition coefficient (Wildman–Crippen LogP) is 6.59. The van der Waals surface area contributed by atoms with E-state index in [9.17, 15) is 14.0 Å². The van der Waals surface area contributed by atoms with Gasteiger partial charge in [-0.25, -0.2) is 9.37 Å². The Morgan fingerprint density at radius 2 is 1.76 bits per heavy atom. The first-order chi connectivity index (χ1) is 16.0. The van der Waals surface area contributed by atoms with Crippen molar-refractivity contribution in [3.8, 4) is 11.3 Å². The molecule has 0 aliphatic rings. The van der Waals surface area contributed by atoms with Gasteiger partial charge in [0.05, 0.1) is 11.4 Å². The van der Waals surface area contributed by atoms with Crippen LogP contribution in [0.2, 0.25) is 5.02 Å². The van der Waals surface area contributed by atoms with Gasteiger partial charge >= 0.3 is 0 Å². The molecule has 9 heteroatoms. The van der Waals surface area contributed by atoms with Gasteiger partial charge in [0.2, 0.25) is 5.91 Å². The average Bonchev–Trinajstić information content (AvgIpc) is 3.27. The fourth-order valence-electron chi connectivity index (χ4n) is 2.86. The number of nitrogens with zero attached hydrogens (tertiary/aromatic N) is 1. The fourth-order valence-corrected chi connectivity index (χ4v) is 4.48. The lowest BCUT2D eigenvalue weighted by molar-refractivity contribution is -0.113. The van der Waals surface area contributed by atoms with E-state index in [-0.39, 0.29) is 23.4 Å². The number of benzene rings is 3. The summed E-state index contributed by atoms with van der Waals surface area (Å²) < 4.78 is 13.1. The van der Waals surface area contributed by atoms with Crippen LogP contribution in [-0.2, 0) is 4.79 Å². The number of carbonyl (C=O) groups is 2. The van der Waals surface area contributed by atoms with E-state index >= 15 is 0 Å². The lowest BCUT2D eigenvalue weighted by Crippen LogP contribution is -2.13. The number of carbonyl (C=O) groups excluding carboxylic acids is 2. The molecule has 0 fully saturated rings. The zero-order chi connectivity index (χ0) is 23.2. The molecule has 33 heavy (non-hydrogen) atoms. The maximum absolute atomic E-state index is 13.1. The van der Waals surface area contributed by atoms with Crippen LogP contribution in [0.4, 0.5) is 15.2 Å². The molecule has 5 nitrogen and oxygen atoms in total. The summed E-state index contributed by atoms with van der Waals surface area (Å²) in [4.78, 5) is 29.9. The number of anilines is 2. The van der Waals surface area contributed by atoms with Crippen LogP contribution in [0.5, 0.6) is 0 Å². The van der Waals surface area contributed by atoms with Gasteiger partial charge in [-0.15, -0.1) is 23.1 Å². The van der Waals surface area contributed by atoms with Crippen LogP contribution in [0.1, 0.15) is 10.4 Å². The molecule has 0 unspecified atom stereocenters. The molecule has 4 aromatic rings. The zero-order valence-electron chi connectivity index (χ0n) is 17.0. The van der Waals surface area contributed by atoms with E-state index in [1.54, 1.807) is 48.5 Å². The summed E-state index contributed by atoms with van der Waals surface area (Å²) in [6, 6.07) is 20.0. The molecule has 1 aromatic heterocycles. The molecule has 0 aliphatic carbocycles. The Bertz CT molecular complexity index is 1280. The number of nitrogens with one attached hydrogen (secondary N) is 2. The van der Waals surface area contributed by atoms with Crippen LogP contribution >= 0.6 is 34.7 Å². The van der Waals surface area contributed by atoms with Crippen LogP contribution in [-0.4, -0.2) is 22.6 Å². The van der Waals surface area contributed by atoms with Crippen molar-refractivity contribution < 1.29 is 14.0 Å². The lowest BCUT2D eigenvalue weighted by Gasteiger charge is -2.07. The van der Waals surface area contributed by atoms with Crippen LogP contribution < -0.4 is 10.6 Å². The first-order valence-corrected chi connectivity index (χ1v) is 12.0. The minimum Gasteiger partial charge on any atom is -0.322 e. The third kappa shape index (κ3) is 6.41. The van der Waals surface area contributed by atoms with Gasteiger partial charge in [-0.1, -0.05) is 17.7 Å². The largest absolute Gasteiger partial charge is 0.322 e. The first kappa shape index (κ1) is 23.0. The Hall–Kier alpha value is -3.20. The molecule has 2 amide bonds. The fraction of sp³-hybridized carbons (Fsp3) is 0.0417. The molecule has 166 valence electrons. The van der Waals surface area contributed by atoms with Crippen LogP contribution in [0, 0.1) is 5.82 Å². The maximum atomic E-state index is 13.1. The topological polar surface area (TPSA) is 71.1 Å². The number of rotatable bonds is 7. The summed E-state index contributed by atoms with van der Waals surface area (Å²) >= 11 is 8.61. The molecule has 0 saturated carbocycles. The molecule has 0 spiro atoms. The Balaban J connectivity index is 1.27. The second kappa shape index (κ2) is 10.6. The van der Waals surface area contributed by atoms with Crippen LogP contribution in [0.15, 0.2) is 83.1 Å². The Labute approximate surface area is 203 Å². The van der Waals surface area contributed by atoms with E-state index in [4.69, 9.17) is 11.6 Å². The van der Waals surface area contributed by atoms with Crippen molar-refractivity contribution in [1.29, 1.82) is 0 Å². The first-order valence-electron chi connectivity index (χ1n) is 9.77. The SMILES string of the molecule is O=C(CSc1ccc(NC(=O)c2cccc(Cl)c2)cc1)Nc1nc(-c2ccc(F)cc2)cs1. The number of thiazole rings is 1. The molecule has 4 rings (SSSR count). The zero-order valence-corrected chi connectivity index (χ0v) is 19.4. The van der Waals surface area contributed by atoms with Gasteiger partial charge in [-0.2, -0.15) is 0 Å². The van der Waals surface area contributed by atoms with E-state index in [1.165, 1.54) is 35.2 Å². The highest BCUT2D eigenvalue weighted by atomic mass is 35.5. The summed E-state index contributed by atoms with van der Waals surface area (Å²) in [6.45, 7) is 0. The van der Waals surface area contributed by atoms with Crippen LogP contribution in [0.25, 0.3) is 11.3 Å². The molecule has 0 atom stereocenters. The second-order valence-electron chi connectivity index (χ2n) is 6.87. The molecule has 2 N–H and O–H groups in total. The Kier molecular flexibility index (Phi) is 7.39. The van der Waals surface area contributed by atoms with Crippen molar-refractivity contribution in [2.24, 2.45) is 0 Å². The Morgan fingerprint density at radius 1 is 1.00 bits per heavy atom. The van der Waals surface area contributed by atoms with Gasteiger partial charge in [0, 0.05) is 32.1 Å². The average molecular weight is 498 g/mol. The minimum atomic E-state index is -0.309. The summed E-state index contributed by atoms with van der Waals surface area (Å²) in [7, 11) is 0. The second-order valence-corrected chi connectivity index (χ2v) is 9.21. The van der Waals surface area contributed by atoms with E-state index in [0.29, 0.717) is 27.1 Å². The summed E-state index contributed by atoms with van der Waals surface area (Å²) in [5, 5.41) is 8.39. The van der Waals surface area contributed by atoms with Crippen molar-refractivity contribution in [1.82, 2.24) is 4.98 Å². The van der Waals surface area contributed by atoms with Gasteiger partial charge in [-0.05, 0) is 66.7 Å². The summed E-state index contributed by atoms with van der Waals surface area (Å²) in [6.07, 6.45) is 0. The molecule has 0 aliphatic heterocycles. The number of aromatic nitrogens is 1. The van der Waals surface area contributed by atoms with Gasteiger partial charge in [0.15, 0.2) is 5.13 Å². The normalized spacial score (nSPS) is 10.6. The summed E-state index contributed by atoms with van der Waals surface area (Å²) in [5.74, 6) is -0.533. The molecule has 0 saturated heterocycles. The highest BCUT2D eigenvalue weighted by Gasteiger charge is 2.10. The van der Waals surface area contributed by atoms with Gasteiger partial charge < -0.3 is 10.6 Å². The Morgan fingerprint density at radius 3 is 2.48 bits per heavy atom. The maximum Gasteiger partial charge on any atom is 0.255 e. The van der Waals surface area contributed by atoms with Gasteiger partial charge in [0.1, 0.15) is 5.82 Å². The van der Waals surface area contributed by atoms with Crippen LogP contribution in [0.3, 0.4) is 0 Å². The molecular weight excluding hydrogens is 481 g/mol. The van der Waals surface area contributed by atoms with E-state index in [2.05, 4.69) is 15.6 Å². The minimum absolute atomic E-state index is 0.182. The lowest BCUT2D eigenvalue weighted by atomic mass is 10.2. The van der Waals surface area contributed by atoms with Gasteiger partial charge in [-0.3, -0.25) is 9.59 Å². The predicted molar refractivity (Wildman–Crippen MR) is 133 cm³/mol. The van der Waals surface area contributed by atoms with E-state index < -0.39 is 0 Å². The van der Waals surface area contributed by atoms with E-state index in [1.807, 2.05) is 17.5 Å². The third-order valence-electron chi connectivity index (χ3n) is 4.46.